The van der Waals surface area contributed by atoms with Crippen molar-refractivity contribution in [3.8, 4) is 22.5 Å². The first kappa shape index (κ1) is 26.9. The quantitative estimate of drug-likeness (QED) is 0.198. The Balaban J connectivity index is 1.47. The lowest BCUT2D eigenvalue weighted by molar-refractivity contribution is -0.385. The zero-order valence-corrected chi connectivity index (χ0v) is 22.4. The average Bonchev–Trinajstić information content (AvgIpc) is 3.49. The van der Waals surface area contributed by atoms with Crippen LogP contribution in [-0.2, 0) is 4.74 Å². The van der Waals surface area contributed by atoms with Gasteiger partial charge >= 0.3 is 0 Å². The summed E-state index contributed by atoms with van der Waals surface area (Å²) in [6, 6.07) is 8.33. The SMILES string of the molecule is O=[N+]([O-])c1ccc(NCC(CCN2CCOCC2)c2ncc(-c3cnc[nH]3)c(-c3ccc(Cl)cc3Cl)n2)nc1. The number of nitrogens with one attached hydrogen (secondary N) is 2. The van der Waals surface area contributed by atoms with Gasteiger partial charge in [0.2, 0.25) is 0 Å². The predicted molar refractivity (Wildman–Crippen MR) is 149 cm³/mol. The van der Waals surface area contributed by atoms with Gasteiger partial charge in [-0.1, -0.05) is 23.2 Å². The number of imidazole rings is 1. The molecule has 1 aromatic carbocycles. The largest absolute Gasteiger partial charge is 0.379 e. The van der Waals surface area contributed by atoms with Gasteiger partial charge in [-0.2, -0.15) is 0 Å². The fourth-order valence-corrected chi connectivity index (χ4v) is 4.89. The highest BCUT2D eigenvalue weighted by Crippen LogP contribution is 2.36. The highest BCUT2D eigenvalue weighted by molar-refractivity contribution is 6.36. The molecule has 1 aliphatic rings. The van der Waals surface area contributed by atoms with E-state index in [0.717, 1.165) is 42.9 Å². The number of anilines is 1. The van der Waals surface area contributed by atoms with Crippen molar-refractivity contribution < 1.29 is 9.66 Å². The number of benzene rings is 1. The molecule has 0 aliphatic carbocycles. The van der Waals surface area contributed by atoms with Gasteiger partial charge in [0.1, 0.15) is 17.8 Å². The molecule has 1 aliphatic heterocycles. The third-order valence-corrected chi connectivity index (χ3v) is 7.08. The summed E-state index contributed by atoms with van der Waals surface area (Å²) in [7, 11) is 0. The summed E-state index contributed by atoms with van der Waals surface area (Å²) in [5.74, 6) is 1.08. The van der Waals surface area contributed by atoms with Gasteiger partial charge in [0, 0.05) is 54.0 Å². The van der Waals surface area contributed by atoms with E-state index in [2.05, 4.69) is 25.2 Å². The number of ether oxygens (including phenoxy) is 1. The van der Waals surface area contributed by atoms with E-state index in [9.17, 15) is 10.1 Å². The molecule has 1 unspecified atom stereocenters. The Hall–Kier alpha value is -3.64. The Morgan fingerprint density at radius 2 is 1.95 bits per heavy atom. The lowest BCUT2D eigenvalue weighted by Gasteiger charge is -2.28. The Labute approximate surface area is 234 Å². The van der Waals surface area contributed by atoms with E-state index in [0.29, 0.717) is 47.1 Å². The van der Waals surface area contributed by atoms with Crippen LogP contribution in [0, 0.1) is 10.1 Å². The number of pyridine rings is 1. The van der Waals surface area contributed by atoms with E-state index in [1.807, 2.05) is 6.07 Å². The van der Waals surface area contributed by atoms with Crippen LogP contribution in [0.15, 0.2) is 55.2 Å². The smallest absolute Gasteiger partial charge is 0.287 e. The van der Waals surface area contributed by atoms with Crippen LogP contribution in [-0.4, -0.2) is 74.1 Å². The zero-order valence-electron chi connectivity index (χ0n) is 20.9. The highest BCUT2D eigenvalue weighted by atomic mass is 35.5. The molecule has 13 heteroatoms. The lowest BCUT2D eigenvalue weighted by Crippen LogP contribution is -2.37. The summed E-state index contributed by atoms with van der Waals surface area (Å²) in [5.41, 5.74) is 2.85. The number of nitrogens with zero attached hydrogens (tertiary/aromatic N) is 6. The van der Waals surface area contributed by atoms with Crippen molar-refractivity contribution >= 4 is 34.7 Å². The molecular weight excluding hydrogens is 543 g/mol. The monoisotopic (exact) mass is 568 g/mol. The van der Waals surface area contributed by atoms with Crippen molar-refractivity contribution in [1.82, 2.24) is 29.8 Å². The molecule has 4 aromatic rings. The molecule has 3 aromatic heterocycles. The van der Waals surface area contributed by atoms with Crippen LogP contribution in [0.1, 0.15) is 18.2 Å². The van der Waals surface area contributed by atoms with E-state index < -0.39 is 4.92 Å². The van der Waals surface area contributed by atoms with Gasteiger partial charge < -0.3 is 15.0 Å². The van der Waals surface area contributed by atoms with Gasteiger partial charge in [-0.05, 0) is 37.2 Å². The molecule has 0 bridgehead atoms. The fraction of sp³-hybridized carbons (Fsp3) is 0.308. The molecule has 0 radical (unpaired) electrons. The molecule has 1 atom stereocenters. The number of hydrogen-bond donors (Lipinski definition) is 2. The standard InChI is InChI=1S/C26H26Cl2N8O3/c27-18-1-3-20(22(28)11-18)25-21(23-15-29-16-33-23)14-32-26(34-25)17(5-6-35-7-9-39-10-8-35)12-30-24-4-2-19(13-31-24)36(37)38/h1-4,11,13-17H,5-10,12H2,(H,29,33)(H,30,31). The van der Waals surface area contributed by atoms with Crippen molar-refractivity contribution in [2.24, 2.45) is 0 Å². The Bertz CT molecular complexity index is 1410. The molecule has 202 valence electrons. The average molecular weight is 569 g/mol. The topological polar surface area (TPSA) is 135 Å². The fourth-order valence-electron chi connectivity index (χ4n) is 4.39. The first-order valence-corrected chi connectivity index (χ1v) is 13.2. The maximum absolute atomic E-state index is 11.0. The molecular formula is C26H26Cl2N8O3. The van der Waals surface area contributed by atoms with Crippen molar-refractivity contribution in [1.29, 1.82) is 0 Å². The Morgan fingerprint density at radius 3 is 2.64 bits per heavy atom. The number of morpholine rings is 1. The maximum atomic E-state index is 11.0. The van der Waals surface area contributed by atoms with E-state index >= 15 is 0 Å². The van der Waals surface area contributed by atoms with E-state index in [4.69, 9.17) is 37.9 Å². The number of hydrogen-bond acceptors (Lipinski definition) is 9. The first-order chi connectivity index (χ1) is 19.0. The summed E-state index contributed by atoms with van der Waals surface area (Å²) in [5, 5.41) is 15.3. The van der Waals surface area contributed by atoms with Gasteiger partial charge in [0.05, 0.1) is 47.1 Å². The number of aromatic amines is 1. The Kier molecular flexibility index (Phi) is 8.62. The summed E-state index contributed by atoms with van der Waals surface area (Å²) >= 11 is 12.8. The third-order valence-electron chi connectivity index (χ3n) is 6.53. The van der Waals surface area contributed by atoms with Crippen LogP contribution in [0.5, 0.6) is 0 Å². The number of nitro groups is 1. The first-order valence-electron chi connectivity index (χ1n) is 12.4. The lowest BCUT2D eigenvalue weighted by atomic mass is 10.0. The van der Waals surface area contributed by atoms with Gasteiger partial charge in [0.15, 0.2) is 0 Å². The summed E-state index contributed by atoms with van der Waals surface area (Å²) in [4.78, 5) is 34.1. The van der Waals surface area contributed by atoms with Gasteiger partial charge in [0.25, 0.3) is 5.69 Å². The number of halogens is 2. The van der Waals surface area contributed by atoms with E-state index in [1.54, 1.807) is 36.9 Å². The van der Waals surface area contributed by atoms with Gasteiger partial charge in [-0.25, -0.2) is 19.9 Å². The van der Waals surface area contributed by atoms with Crippen LogP contribution in [0.2, 0.25) is 10.0 Å². The van der Waals surface area contributed by atoms with Crippen molar-refractivity contribution in [2.75, 3.05) is 44.7 Å². The molecule has 0 spiro atoms. The van der Waals surface area contributed by atoms with Crippen molar-refractivity contribution in [3.05, 3.63) is 81.2 Å². The second kappa shape index (κ2) is 12.5. The van der Waals surface area contributed by atoms with Crippen LogP contribution >= 0.6 is 23.2 Å². The molecule has 2 N–H and O–H groups in total. The second-order valence-corrected chi connectivity index (χ2v) is 9.90. The van der Waals surface area contributed by atoms with Crippen LogP contribution in [0.3, 0.4) is 0 Å². The molecule has 4 heterocycles. The maximum Gasteiger partial charge on any atom is 0.287 e. The Morgan fingerprint density at radius 1 is 1.10 bits per heavy atom. The van der Waals surface area contributed by atoms with E-state index in [1.165, 1.54) is 12.3 Å². The number of H-pyrrole nitrogens is 1. The van der Waals surface area contributed by atoms with Crippen LogP contribution < -0.4 is 5.32 Å². The summed E-state index contributed by atoms with van der Waals surface area (Å²) in [6.45, 7) is 4.48. The minimum atomic E-state index is -0.472. The van der Waals surface area contributed by atoms with Crippen molar-refractivity contribution in [3.63, 3.8) is 0 Å². The van der Waals surface area contributed by atoms with Gasteiger partial charge in [-0.15, -0.1) is 0 Å². The molecule has 11 nitrogen and oxygen atoms in total. The zero-order chi connectivity index (χ0) is 27.2. The molecule has 5 rings (SSSR count). The van der Waals surface area contributed by atoms with Crippen LogP contribution in [0.25, 0.3) is 22.5 Å². The van der Waals surface area contributed by atoms with E-state index in [-0.39, 0.29) is 11.6 Å². The highest BCUT2D eigenvalue weighted by Gasteiger charge is 2.22. The summed E-state index contributed by atoms with van der Waals surface area (Å²) < 4.78 is 5.49. The molecule has 39 heavy (non-hydrogen) atoms. The minimum absolute atomic E-state index is 0.0633. The van der Waals surface area contributed by atoms with Crippen molar-refractivity contribution in [2.45, 2.75) is 12.3 Å². The molecule has 0 saturated carbocycles. The molecule has 0 amide bonds. The molecule has 1 saturated heterocycles. The predicted octanol–water partition coefficient (Wildman–Crippen LogP) is 5.06. The number of rotatable bonds is 10. The normalized spacial score (nSPS) is 14.7. The van der Waals surface area contributed by atoms with Gasteiger partial charge in [-0.3, -0.25) is 15.0 Å². The third kappa shape index (κ3) is 6.69. The second-order valence-electron chi connectivity index (χ2n) is 9.06. The molecule has 1 fully saturated rings. The minimum Gasteiger partial charge on any atom is -0.379 e. The summed E-state index contributed by atoms with van der Waals surface area (Å²) in [6.07, 6.45) is 7.10. The number of aromatic nitrogens is 5. The van der Waals surface area contributed by atoms with Crippen LogP contribution in [0.4, 0.5) is 11.5 Å².